The SMILES string of the molecule is C[CH-]CCBr.[Cs+]. The molecule has 0 radical (unpaired) electrons. The van der Waals surface area contributed by atoms with E-state index in [0.717, 1.165) is 5.33 Å². The summed E-state index contributed by atoms with van der Waals surface area (Å²) in [6.07, 6.45) is 3.31. The molecule has 0 aromatic rings. The average molecular weight is 269 g/mol. The maximum Gasteiger partial charge on any atom is 1.00 e. The van der Waals surface area contributed by atoms with Gasteiger partial charge in [0, 0.05) is 0 Å². The maximum atomic E-state index is 3.28. The first kappa shape index (κ1) is 11.3. The van der Waals surface area contributed by atoms with Crippen molar-refractivity contribution in [1.82, 2.24) is 0 Å². The average Bonchev–Trinajstić information content (AvgIpc) is 1.41. The van der Waals surface area contributed by atoms with Gasteiger partial charge in [0.05, 0.1) is 0 Å². The molecule has 2 heteroatoms. The summed E-state index contributed by atoms with van der Waals surface area (Å²) >= 11 is 3.28. The molecule has 0 aromatic carbocycles. The Bertz CT molecular complexity index is 15.0. The number of hydrogen-bond acceptors (Lipinski definition) is 0. The van der Waals surface area contributed by atoms with Gasteiger partial charge in [0.1, 0.15) is 0 Å². The van der Waals surface area contributed by atoms with Crippen molar-refractivity contribution >= 4 is 15.9 Å². The van der Waals surface area contributed by atoms with Gasteiger partial charge in [-0.1, -0.05) is 15.9 Å². The first-order valence-corrected chi connectivity index (χ1v) is 2.87. The van der Waals surface area contributed by atoms with E-state index in [9.17, 15) is 0 Å². The van der Waals surface area contributed by atoms with Crippen LogP contribution in [-0.4, -0.2) is 5.33 Å². The second kappa shape index (κ2) is 10.5. The Morgan fingerprint density at radius 3 is 2.17 bits per heavy atom. The number of hydrogen-bond donors (Lipinski definition) is 0. The molecule has 6 heavy (non-hydrogen) atoms. The smallest absolute Gasteiger partial charge is 0.331 e. The minimum atomic E-state index is 0. The molecular formula is C4H8BrCs. The van der Waals surface area contributed by atoms with Crippen LogP contribution in [0.2, 0.25) is 0 Å². The fourth-order valence-electron chi connectivity index (χ4n) is 0.109. The molecule has 0 aliphatic heterocycles. The topological polar surface area (TPSA) is 0 Å². The largest absolute Gasteiger partial charge is 1.00 e. The summed E-state index contributed by atoms with van der Waals surface area (Å²) in [7, 11) is 0. The number of halogens is 1. The van der Waals surface area contributed by atoms with Gasteiger partial charge in [-0.3, -0.25) is 0 Å². The molecule has 0 N–H and O–H groups in total. The molecule has 0 fully saturated rings. The van der Waals surface area contributed by atoms with Crippen molar-refractivity contribution in [3.05, 3.63) is 6.42 Å². The quantitative estimate of drug-likeness (QED) is 0.445. The first-order chi connectivity index (χ1) is 2.41. The van der Waals surface area contributed by atoms with Crippen LogP contribution in [0, 0.1) is 6.42 Å². The molecule has 0 aliphatic carbocycles. The van der Waals surface area contributed by atoms with E-state index in [2.05, 4.69) is 29.3 Å². The summed E-state index contributed by atoms with van der Waals surface area (Å²) in [6.45, 7) is 2.06. The van der Waals surface area contributed by atoms with E-state index >= 15 is 0 Å². The predicted octanol–water partition coefficient (Wildman–Crippen LogP) is -1.00. The molecule has 0 amide bonds. The number of rotatable bonds is 2. The second-order valence-electron chi connectivity index (χ2n) is 0.886. The van der Waals surface area contributed by atoms with Gasteiger partial charge in [-0.05, 0) is 5.33 Å². The molecule has 32 valence electrons. The van der Waals surface area contributed by atoms with Gasteiger partial charge >= 0.3 is 68.9 Å². The molecule has 0 rings (SSSR count). The Labute approximate surface area is 107 Å². The third kappa shape index (κ3) is 9.73. The van der Waals surface area contributed by atoms with Crippen LogP contribution in [0.5, 0.6) is 0 Å². The zero-order chi connectivity index (χ0) is 4.12. The Morgan fingerprint density at radius 2 is 2.17 bits per heavy atom. The predicted molar refractivity (Wildman–Crippen MR) is 28.4 cm³/mol. The third-order valence-corrected chi connectivity index (χ3v) is 0.856. The summed E-state index contributed by atoms with van der Waals surface area (Å²) in [5.74, 6) is 0. The van der Waals surface area contributed by atoms with Crippen molar-refractivity contribution < 1.29 is 68.9 Å². The maximum absolute atomic E-state index is 3.28. The van der Waals surface area contributed by atoms with E-state index in [1.807, 2.05) is 0 Å². The van der Waals surface area contributed by atoms with Gasteiger partial charge in [-0.15, -0.1) is 0 Å². The molecule has 0 atom stereocenters. The van der Waals surface area contributed by atoms with Gasteiger partial charge in [0.2, 0.25) is 0 Å². The Hall–Kier alpha value is 2.53. The van der Waals surface area contributed by atoms with Crippen LogP contribution in [0.1, 0.15) is 13.3 Å². The minimum Gasteiger partial charge on any atom is -0.331 e. The summed E-state index contributed by atoms with van der Waals surface area (Å²) in [5.41, 5.74) is 0. The van der Waals surface area contributed by atoms with E-state index in [-0.39, 0.29) is 68.9 Å². The van der Waals surface area contributed by atoms with E-state index in [0.29, 0.717) is 0 Å². The molecule has 0 bridgehead atoms. The summed E-state index contributed by atoms with van der Waals surface area (Å²) in [5, 5.41) is 1.10. The normalized spacial score (nSPS) is 7.00. The molecule has 0 saturated carbocycles. The minimum absolute atomic E-state index is 0. The van der Waals surface area contributed by atoms with Crippen molar-refractivity contribution in [2.24, 2.45) is 0 Å². The summed E-state index contributed by atoms with van der Waals surface area (Å²) in [6, 6.07) is 0. The standard InChI is InChI=1S/C4H8Br.Cs/c1-2-3-4-5;/h2H,3-4H2,1H3;/q-1;+1. The summed E-state index contributed by atoms with van der Waals surface area (Å²) in [4.78, 5) is 0. The second-order valence-corrected chi connectivity index (χ2v) is 1.68. The molecule has 0 aromatic heterocycles. The molecule has 0 aliphatic rings. The van der Waals surface area contributed by atoms with Crippen LogP contribution in [0.3, 0.4) is 0 Å². The molecule has 0 saturated heterocycles. The fraction of sp³-hybridized carbons (Fsp3) is 0.750. The van der Waals surface area contributed by atoms with Crippen LogP contribution in [0.4, 0.5) is 0 Å². The van der Waals surface area contributed by atoms with E-state index in [1.54, 1.807) is 0 Å². The molecule has 0 unspecified atom stereocenters. The van der Waals surface area contributed by atoms with Gasteiger partial charge in [0.15, 0.2) is 0 Å². The van der Waals surface area contributed by atoms with Crippen LogP contribution in [0.25, 0.3) is 0 Å². The third-order valence-electron chi connectivity index (χ3n) is 0.398. The molecule has 0 spiro atoms. The fourth-order valence-corrected chi connectivity index (χ4v) is 0.567. The van der Waals surface area contributed by atoms with Gasteiger partial charge < -0.3 is 6.42 Å². The Kier molecular flexibility index (Phi) is 19.9. The van der Waals surface area contributed by atoms with Gasteiger partial charge in [-0.2, -0.15) is 13.3 Å². The van der Waals surface area contributed by atoms with Gasteiger partial charge in [0.25, 0.3) is 0 Å². The van der Waals surface area contributed by atoms with E-state index in [1.165, 1.54) is 6.42 Å². The van der Waals surface area contributed by atoms with Crippen molar-refractivity contribution in [2.75, 3.05) is 5.33 Å². The van der Waals surface area contributed by atoms with E-state index < -0.39 is 0 Å². The molecule has 0 heterocycles. The van der Waals surface area contributed by atoms with Crippen molar-refractivity contribution in [2.45, 2.75) is 13.3 Å². The molecule has 0 nitrogen and oxygen atoms in total. The van der Waals surface area contributed by atoms with Crippen molar-refractivity contribution in [3.8, 4) is 0 Å². The van der Waals surface area contributed by atoms with Crippen molar-refractivity contribution in [1.29, 1.82) is 0 Å². The molecular weight excluding hydrogens is 261 g/mol. The Morgan fingerprint density at radius 1 is 1.67 bits per heavy atom. The monoisotopic (exact) mass is 268 g/mol. The zero-order valence-corrected chi connectivity index (χ0v) is 12.2. The van der Waals surface area contributed by atoms with Crippen LogP contribution < -0.4 is 68.9 Å². The van der Waals surface area contributed by atoms with Crippen LogP contribution >= 0.6 is 15.9 Å². The van der Waals surface area contributed by atoms with E-state index in [4.69, 9.17) is 0 Å². The van der Waals surface area contributed by atoms with Gasteiger partial charge in [-0.25, -0.2) is 0 Å². The first-order valence-electron chi connectivity index (χ1n) is 1.75. The van der Waals surface area contributed by atoms with Crippen LogP contribution in [0.15, 0.2) is 0 Å². The number of alkyl halides is 1. The zero-order valence-electron chi connectivity index (χ0n) is 4.37. The number of unbranched alkanes of at least 4 members (excludes halogenated alkanes) is 1. The van der Waals surface area contributed by atoms with Crippen molar-refractivity contribution in [3.63, 3.8) is 0 Å². The van der Waals surface area contributed by atoms with Crippen LogP contribution in [-0.2, 0) is 0 Å². The Balaban J connectivity index is 0. The summed E-state index contributed by atoms with van der Waals surface area (Å²) < 4.78 is 0.